The molecule has 0 radical (unpaired) electrons. The summed E-state index contributed by atoms with van der Waals surface area (Å²) in [5, 5.41) is 10.4. The number of aromatic nitrogens is 1. The number of hydrogen-bond acceptors (Lipinski definition) is 8. The normalized spacial score (nSPS) is 25.5. The standard InChI is InChI=1S/C23H33N7S/c1-4-29-9-11-30(12-10-29)14-18-6-5-17(13-25-18)23(24)27-20(26-22(3)7-8-22)19-16(2)15-31-21(19)28-23/h5-6,13,15,28H,4,7-12,14,24H2,1-3H3,(H,26,27). The molecule has 1 saturated carbocycles. The maximum atomic E-state index is 6.81. The third-order valence-electron chi connectivity index (χ3n) is 6.79. The number of thiophene rings is 1. The summed E-state index contributed by atoms with van der Waals surface area (Å²) in [4.78, 5) is 14.7. The van der Waals surface area contributed by atoms with Crippen molar-refractivity contribution in [3.05, 3.63) is 46.1 Å². The van der Waals surface area contributed by atoms with Gasteiger partial charge in [0.15, 0.2) is 0 Å². The molecule has 1 unspecified atom stereocenters. The van der Waals surface area contributed by atoms with Gasteiger partial charge in [-0.2, -0.15) is 0 Å². The summed E-state index contributed by atoms with van der Waals surface area (Å²) >= 11 is 1.68. The second-order valence-electron chi connectivity index (χ2n) is 9.41. The van der Waals surface area contributed by atoms with Crippen LogP contribution in [0.1, 0.15) is 49.1 Å². The maximum Gasteiger partial charge on any atom is 0.213 e. The minimum Gasteiger partial charge on any atom is -0.364 e. The van der Waals surface area contributed by atoms with Gasteiger partial charge in [0.2, 0.25) is 5.79 Å². The average Bonchev–Trinajstić information content (AvgIpc) is 3.37. The Morgan fingerprint density at radius 1 is 1.19 bits per heavy atom. The van der Waals surface area contributed by atoms with Crippen molar-refractivity contribution in [3.63, 3.8) is 0 Å². The minimum absolute atomic E-state index is 0.132. The van der Waals surface area contributed by atoms with E-state index in [2.05, 4.69) is 58.7 Å². The van der Waals surface area contributed by atoms with Crippen LogP contribution < -0.4 is 16.4 Å². The summed E-state index contributed by atoms with van der Waals surface area (Å²) in [5.41, 5.74) is 11.3. The van der Waals surface area contributed by atoms with Crippen LogP contribution in [0, 0.1) is 6.92 Å². The SMILES string of the molecule is CCN1CCN(Cc2ccc(C3(N)N=C(NC4(C)CC4)c4c(C)csc4N3)cn2)CC1. The van der Waals surface area contributed by atoms with Gasteiger partial charge in [-0.05, 0) is 56.3 Å². The first-order valence-electron chi connectivity index (χ1n) is 11.3. The fourth-order valence-electron chi connectivity index (χ4n) is 4.33. The molecular weight excluding hydrogens is 406 g/mol. The number of fused-ring (bicyclic) bond motifs is 1. The monoisotopic (exact) mass is 439 g/mol. The van der Waals surface area contributed by atoms with Crippen molar-refractivity contribution >= 4 is 22.2 Å². The Labute approximate surface area is 188 Å². The second kappa shape index (κ2) is 7.85. The highest BCUT2D eigenvalue weighted by molar-refractivity contribution is 7.14. The highest BCUT2D eigenvalue weighted by Gasteiger charge is 2.42. The molecule has 0 amide bonds. The molecule has 4 N–H and O–H groups in total. The molecule has 1 aliphatic carbocycles. The number of likely N-dealkylation sites (N-methyl/N-ethyl adjacent to an activating group) is 1. The lowest BCUT2D eigenvalue weighted by molar-refractivity contribution is 0.131. The van der Waals surface area contributed by atoms with E-state index in [0.717, 1.165) is 79.8 Å². The number of nitrogens with one attached hydrogen (secondary N) is 2. The zero-order chi connectivity index (χ0) is 21.6. The summed E-state index contributed by atoms with van der Waals surface area (Å²) < 4.78 is 0. The Balaban J connectivity index is 1.35. The van der Waals surface area contributed by atoms with Crippen LogP contribution in [-0.2, 0) is 12.3 Å². The van der Waals surface area contributed by atoms with Crippen LogP contribution in [0.25, 0.3) is 0 Å². The van der Waals surface area contributed by atoms with Crippen LogP contribution in [0.2, 0.25) is 0 Å². The van der Waals surface area contributed by atoms with Gasteiger partial charge in [-0.15, -0.1) is 11.3 Å². The summed E-state index contributed by atoms with van der Waals surface area (Å²) in [7, 11) is 0. The topological polar surface area (TPSA) is 81.8 Å². The van der Waals surface area contributed by atoms with Gasteiger partial charge in [0.25, 0.3) is 0 Å². The molecule has 2 aromatic rings. The first-order chi connectivity index (χ1) is 14.9. The van der Waals surface area contributed by atoms with Crippen LogP contribution >= 0.6 is 11.3 Å². The number of rotatable bonds is 5. The van der Waals surface area contributed by atoms with Gasteiger partial charge in [-0.1, -0.05) is 6.92 Å². The summed E-state index contributed by atoms with van der Waals surface area (Å²) in [6, 6.07) is 4.17. The highest BCUT2D eigenvalue weighted by atomic mass is 32.1. The van der Waals surface area contributed by atoms with Crippen molar-refractivity contribution in [1.82, 2.24) is 20.1 Å². The molecule has 1 atom stereocenters. The van der Waals surface area contributed by atoms with Gasteiger partial charge in [0.1, 0.15) is 10.8 Å². The van der Waals surface area contributed by atoms with Gasteiger partial charge in [-0.3, -0.25) is 15.6 Å². The molecule has 0 bridgehead atoms. The van der Waals surface area contributed by atoms with Gasteiger partial charge in [-0.25, -0.2) is 4.99 Å². The molecule has 5 rings (SSSR count). The van der Waals surface area contributed by atoms with Gasteiger partial charge < -0.3 is 15.5 Å². The number of nitrogens with zero attached hydrogens (tertiary/aromatic N) is 4. The number of aliphatic imine (C=N–C) groups is 1. The molecule has 8 heteroatoms. The summed E-state index contributed by atoms with van der Waals surface area (Å²) in [6.07, 6.45) is 4.21. The molecule has 7 nitrogen and oxygen atoms in total. The van der Waals surface area contributed by atoms with E-state index < -0.39 is 5.79 Å². The first-order valence-corrected chi connectivity index (χ1v) is 12.2. The molecule has 0 aromatic carbocycles. The van der Waals surface area contributed by atoms with Crippen molar-refractivity contribution in [2.45, 2.75) is 51.5 Å². The van der Waals surface area contributed by atoms with Crippen LogP contribution in [0.5, 0.6) is 0 Å². The Morgan fingerprint density at radius 3 is 2.58 bits per heavy atom. The molecule has 4 heterocycles. The zero-order valence-corrected chi connectivity index (χ0v) is 19.6. The van der Waals surface area contributed by atoms with Gasteiger partial charge >= 0.3 is 0 Å². The lowest BCUT2D eigenvalue weighted by atomic mass is 10.1. The molecule has 0 spiro atoms. The lowest BCUT2D eigenvalue weighted by Gasteiger charge is -2.34. The second-order valence-corrected chi connectivity index (χ2v) is 10.3. The molecule has 166 valence electrons. The number of pyridine rings is 1. The number of amidine groups is 1. The third kappa shape index (κ3) is 4.22. The van der Waals surface area contributed by atoms with Crippen molar-refractivity contribution < 1.29 is 0 Å². The molecule has 1 saturated heterocycles. The molecule has 31 heavy (non-hydrogen) atoms. The minimum atomic E-state index is -1.02. The smallest absolute Gasteiger partial charge is 0.213 e. The average molecular weight is 440 g/mol. The third-order valence-corrected chi connectivity index (χ3v) is 7.80. The molecular formula is C23H33N7S. The number of aryl methyl sites for hydroxylation is 1. The van der Waals surface area contributed by atoms with Gasteiger partial charge in [0, 0.05) is 50.0 Å². The van der Waals surface area contributed by atoms with E-state index in [1.165, 1.54) is 5.56 Å². The van der Waals surface area contributed by atoms with Crippen LogP contribution in [0.4, 0.5) is 5.00 Å². The summed E-state index contributed by atoms with van der Waals surface area (Å²) in [5.74, 6) is -0.122. The van der Waals surface area contributed by atoms with Crippen molar-refractivity contribution in [3.8, 4) is 0 Å². The van der Waals surface area contributed by atoms with Crippen molar-refractivity contribution in [2.24, 2.45) is 10.7 Å². The van der Waals surface area contributed by atoms with E-state index in [4.69, 9.17) is 15.7 Å². The molecule has 2 aromatic heterocycles. The Hall–Kier alpha value is -2.00. The van der Waals surface area contributed by atoms with E-state index in [-0.39, 0.29) is 5.54 Å². The summed E-state index contributed by atoms with van der Waals surface area (Å²) in [6.45, 7) is 13.1. The highest BCUT2D eigenvalue weighted by Crippen LogP contribution is 2.40. The maximum absolute atomic E-state index is 6.81. The van der Waals surface area contributed by atoms with E-state index in [1.807, 2.05) is 6.20 Å². The molecule has 3 aliphatic rings. The number of piperazine rings is 1. The van der Waals surface area contributed by atoms with Crippen molar-refractivity contribution in [1.29, 1.82) is 0 Å². The molecule has 2 aliphatic heterocycles. The van der Waals surface area contributed by atoms with Crippen LogP contribution in [0.15, 0.2) is 28.7 Å². The lowest BCUT2D eigenvalue weighted by Crippen LogP contribution is -2.49. The van der Waals surface area contributed by atoms with E-state index in [9.17, 15) is 0 Å². The largest absolute Gasteiger partial charge is 0.364 e. The number of hydrogen-bond donors (Lipinski definition) is 3. The molecule has 2 fully saturated rings. The Morgan fingerprint density at radius 2 is 1.94 bits per heavy atom. The number of anilines is 1. The van der Waals surface area contributed by atoms with Crippen LogP contribution in [0.3, 0.4) is 0 Å². The van der Waals surface area contributed by atoms with Crippen molar-refractivity contribution in [2.75, 3.05) is 38.0 Å². The fourth-order valence-corrected chi connectivity index (χ4v) is 5.33. The quantitative estimate of drug-likeness (QED) is 0.665. The van der Waals surface area contributed by atoms with Crippen LogP contribution in [-0.4, -0.2) is 58.9 Å². The van der Waals surface area contributed by atoms with Gasteiger partial charge in [0.05, 0.1) is 11.3 Å². The Kier molecular flexibility index (Phi) is 5.29. The first kappa shape index (κ1) is 20.9. The predicted octanol–water partition coefficient (Wildman–Crippen LogP) is 2.67. The van der Waals surface area contributed by atoms with E-state index >= 15 is 0 Å². The Bertz CT molecular complexity index is 970. The van der Waals surface area contributed by atoms with E-state index in [0.29, 0.717) is 0 Å². The number of nitrogens with two attached hydrogens (primary N) is 1. The predicted molar refractivity (Wildman–Crippen MR) is 127 cm³/mol. The van der Waals surface area contributed by atoms with E-state index in [1.54, 1.807) is 11.3 Å². The zero-order valence-electron chi connectivity index (χ0n) is 18.7. The fraction of sp³-hybridized carbons (Fsp3) is 0.565.